The van der Waals surface area contributed by atoms with Crippen molar-refractivity contribution in [1.29, 1.82) is 0 Å². The minimum atomic E-state index is -3.31. The van der Waals surface area contributed by atoms with Gasteiger partial charge in [-0.25, -0.2) is 8.42 Å². The average molecular weight is 296 g/mol. The second kappa shape index (κ2) is 8.10. The van der Waals surface area contributed by atoms with Crippen LogP contribution in [0.3, 0.4) is 0 Å². The Morgan fingerprint density at radius 2 is 1.80 bits per heavy atom. The third kappa shape index (κ3) is 4.37. The number of hydrogen-bond donors (Lipinski definition) is 0. The van der Waals surface area contributed by atoms with Crippen LogP contribution in [-0.2, 0) is 9.84 Å². The van der Waals surface area contributed by atoms with Crippen molar-refractivity contribution in [3.63, 3.8) is 0 Å². The number of rotatable bonds is 8. The minimum Gasteiger partial charge on any atom is -0.497 e. The lowest BCUT2D eigenvalue weighted by Gasteiger charge is -2.13. The fourth-order valence-corrected chi connectivity index (χ4v) is 3.72. The molecule has 0 saturated heterocycles. The van der Waals surface area contributed by atoms with Gasteiger partial charge in [-0.1, -0.05) is 38.8 Å². The standard InChI is InChI=1S/C16H24O3S/c1-4-6-7-9-15(8-5-2)20(17,18)16-12-10-14(19-3)11-13-16/h7,9-13,15H,4-6,8H2,1-3H3/b9-7-. The fourth-order valence-electron chi connectivity index (χ4n) is 1.99. The molecule has 0 fully saturated rings. The van der Waals surface area contributed by atoms with Gasteiger partial charge in [0.25, 0.3) is 0 Å². The normalized spacial score (nSPS) is 13.6. The molecule has 20 heavy (non-hydrogen) atoms. The minimum absolute atomic E-state index is 0.359. The number of unbranched alkanes of at least 4 members (excludes halogenated alkanes) is 1. The zero-order valence-electron chi connectivity index (χ0n) is 12.5. The molecule has 0 N–H and O–H groups in total. The molecular formula is C16H24O3S. The van der Waals surface area contributed by atoms with Crippen molar-refractivity contribution in [2.75, 3.05) is 7.11 Å². The lowest BCUT2D eigenvalue weighted by atomic mass is 10.2. The molecule has 3 nitrogen and oxygen atoms in total. The van der Waals surface area contributed by atoms with Gasteiger partial charge in [-0.3, -0.25) is 0 Å². The largest absolute Gasteiger partial charge is 0.497 e. The molecule has 0 bridgehead atoms. The summed E-state index contributed by atoms with van der Waals surface area (Å²) in [5.41, 5.74) is 0. The van der Waals surface area contributed by atoms with E-state index < -0.39 is 15.1 Å². The number of hydrogen-bond acceptors (Lipinski definition) is 3. The molecule has 1 atom stereocenters. The molecular weight excluding hydrogens is 272 g/mol. The van der Waals surface area contributed by atoms with Crippen LogP contribution in [0.5, 0.6) is 5.75 Å². The zero-order valence-corrected chi connectivity index (χ0v) is 13.3. The highest BCUT2D eigenvalue weighted by atomic mass is 32.2. The lowest BCUT2D eigenvalue weighted by molar-refractivity contribution is 0.414. The fraction of sp³-hybridized carbons (Fsp3) is 0.500. The summed E-state index contributed by atoms with van der Waals surface area (Å²) in [6.07, 6.45) is 7.25. The highest BCUT2D eigenvalue weighted by molar-refractivity contribution is 7.92. The van der Waals surface area contributed by atoms with E-state index >= 15 is 0 Å². The van der Waals surface area contributed by atoms with Gasteiger partial charge in [-0.2, -0.15) is 0 Å². The Morgan fingerprint density at radius 3 is 2.30 bits per heavy atom. The highest BCUT2D eigenvalue weighted by Gasteiger charge is 2.24. The zero-order chi connectivity index (χ0) is 15.0. The Hall–Kier alpha value is -1.29. The predicted octanol–water partition coefficient (Wildman–Crippen LogP) is 3.99. The van der Waals surface area contributed by atoms with E-state index in [1.807, 2.05) is 19.1 Å². The van der Waals surface area contributed by atoms with E-state index in [1.165, 1.54) is 0 Å². The van der Waals surface area contributed by atoms with Gasteiger partial charge >= 0.3 is 0 Å². The number of ether oxygens (including phenoxy) is 1. The van der Waals surface area contributed by atoms with E-state index in [-0.39, 0.29) is 0 Å². The molecule has 1 aromatic rings. The summed E-state index contributed by atoms with van der Waals surface area (Å²) in [5.74, 6) is 0.664. The van der Waals surface area contributed by atoms with Gasteiger partial charge < -0.3 is 4.74 Å². The Kier molecular flexibility index (Phi) is 6.79. The molecule has 0 heterocycles. The Bertz CT molecular complexity index is 515. The van der Waals surface area contributed by atoms with E-state index in [2.05, 4.69) is 6.92 Å². The monoisotopic (exact) mass is 296 g/mol. The number of sulfone groups is 1. The summed E-state index contributed by atoms with van der Waals surface area (Å²) in [6, 6.07) is 6.60. The van der Waals surface area contributed by atoms with Crippen molar-refractivity contribution >= 4 is 9.84 Å². The van der Waals surface area contributed by atoms with Crippen molar-refractivity contribution < 1.29 is 13.2 Å². The number of methoxy groups -OCH3 is 1. The van der Waals surface area contributed by atoms with E-state index in [9.17, 15) is 8.42 Å². The smallest absolute Gasteiger partial charge is 0.184 e. The molecule has 112 valence electrons. The van der Waals surface area contributed by atoms with E-state index in [0.717, 1.165) is 19.3 Å². The molecule has 0 spiro atoms. The molecule has 0 aliphatic heterocycles. The summed E-state index contributed by atoms with van der Waals surface area (Å²) in [5, 5.41) is -0.438. The third-order valence-electron chi connectivity index (χ3n) is 3.17. The van der Waals surface area contributed by atoms with Crippen molar-refractivity contribution in [2.45, 2.75) is 49.7 Å². The van der Waals surface area contributed by atoms with Crippen LogP contribution in [0, 0.1) is 0 Å². The second-order valence-electron chi connectivity index (χ2n) is 4.76. The Labute approximate surface area is 122 Å². The Balaban J connectivity index is 3.01. The van der Waals surface area contributed by atoms with Gasteiger partial charge in [0.15, 0.2) is 9.84 Å². The van der Waals surface area contributed by atoms with Crippen LogP contribution in [0.4, 0.5) is 0 Å². The molecule has 0 saturated carbocycles. The number of benzene rings is 1. The van der Waals surface area contributed by atoms with Gasteiger partial charge in [0.1, 0.15) is 5.75 Å². The maximum Gasteiger partial charge on any atom is 0.184 e. The SMILES string of the molecule is CCC/C=C\C(CCC)S(=O)(=O)c1ccc(OC)cc1. The molecule has 0 amide bonds. The Morgan fingerprint density at radius 1 is 1.15 bits per heavy atom. The van der Waals surface area contributed by atoms with Gasteiger partial charge in [0.2, 0.25) is 0 Å². The van der Waals surface area contributed by atoms with E-state index in [4.69, 9.17) is 4.74 Å². The van der Waals surface area contributed by atoms with Crippen molar-refractivity contribution in [3.05, 3.63) is 36.4 Å². The summed E-state index contributed by atoms with van der Waals surface area (Å²) in [6.45, 7) is 4.08. The summed E-state index contributed by atoms with van der Waals surface area (Å²) in [4.78, 5) is 0.359. The lowest BCUT2D eigenvalue weighted by Crippen LogP contribution is -2.19. The predicted molar refractivity (Wildman–Crippen MR) is 82.9 cm³/mol. The second-order valence-corrected chi connectivity index (χ2v) is 6.93. The summed E-state index contributed by atoms with van der Waals surface area (Å²) in [7, 11) is -1.74. The van der Waals surface area contributed by atoms with Crippen LogP contribution in [0.15, 0.2) is 41.3 Å². The highest BCUT2D eigenvalue weighted by Crippen LogP contribution is 2.23. The molecule has 0 radical (unpaired) electrons. The van der Waals surface area contributed by atoms with E-state index in [0.29, 0.717) is 17.1 Å². The van der Waals surface area contributed by atoms with Gasteiger partial charge in [0.05, 0.1) is 17.3 Å². The first-order chi connectivity index (χ1) is 9.56. The van der Waals surface area contributed by atoms with E-state index in [1.54, 1.807) is 31.4 Å². The third-order valence-corrected chi connectivity index (χ3v) is 5.29. The average Bonchev–Trinajstić information content (AvgIpc) is 2.46. The topological polar surface area (TPSA) is 43.4 Å². The molecule has 0 aromatic heterocycles. The molecule has 0 aliphatic rings. The van der Waals surface area contributed by atoms with Crippen LogP contribution >= 0.6 is 0 Å². The maximum absolute atomic E-state index is 12.6. The molecule has 0 aliphatic carbocycles. The van der Waals surface area contributed by atoms with Crippen LogP contribution in [0.25, 0.3) is 0 Å². The number of allylic oxidation sites excluding steroid dienone is 1. The van der Waals surface area contributed by atoms with Gasteiger partial charge in [0, 0.05) is 0 Å². The van der Waals surface area contributed by atoms with Crippen LogP contribution in [-0.4, -0.2) is 20.8 Å². The first-order valence-electron chi connectivity index (χ1n) is 7.10. The van der Waals surface area contributed by atoms with Gasteiger partial charge in [-0.05, 0) is 37.1 Å². The van der Waals surface area contributed by atoms with Crippen LogP contribution < -0.4 is 4.74 Å². The molecule has 1 rings (SSSR count). The summed E-state index contributed by atoms with van der Waals surface area (Å²) >= 11 is 0. The molecule has 4 heteroatoms. The van der Waals surface area contributed by atoms with Crippen LogP contribution in [0.1, 0.15) is 39.5 Å². The van der Waals surface area contributed by atoms with Crippen LogP contribution in [0.2, 0.25) is 0 Å². The van der Waals surface area contributed by atoms with Crippen molar-refractivity contribution in [2.24, 2.45) is 0 Å². The quantitative estimate of drug-likeness (QED) is 0.681. The van der Waals surface area contributed by atoms with Crippen molar-refractivity contribution in [1.82, 2.24) is 0 Å². The van der Waals surface area contributed by atoms with Crippen molar-refractivity contribution in [3.8, 4) is 5.75 Å². The molecule has 1 aromatic carbocycles. The first-order valence-corrected chi connectivity index (χ1v) is 8.65. The maximum atomic E-state index is 12.6. The van der Waals surface area contributed by atoms with Gasteiger partial charge in [-0.15, -0.1) is 0 Å². The first kappa shape index (κ1) is 16.8. The molecule has 1 unspecified atom stereocenters. The summed E-state index contributed by atoms with van der Waals surface area (Å²) < 4.78 is 30.3.